The molecule has 1 aromatic heterocycles. The summed E-state index contributed by atoms with van der Waals surface area (Å²) in [6.45, 7) is 2.06. The van der Waals surface area contributed by atoms with Crippen molar-refractivity contribution >= 4 is 23.3 Å². The quantitative estimate of drug-likeness (QED) is 0.392. The fourth-order valence-electron chi connectivity index (χ4n) is 1.85. The molecule has 0 aliphatic carbocycles. The number of halogens is 1. The highest BCUT2D eigenvalue weighted by Gasteiger charge is 2.14. The zero-order valence-electron chi connectivity index (χ0n) is 11.7. The molecule has 0 spiro atoms. The van der Waals surface area contributed by atoms with Crippen LogP contribution in [0.25, 0.3) is 0 Å². The first-order valence-electron chi connectivity index (χ1n) is 6.31. The Morgan fingerprint density at radius 1 is 1.29 bits per heavy atom. The van der Waals surface area contributed by atoms with Gasteiger partial charge in [-0.25, -0.2) is 9.97 Å². The second kappa shape index (κ2) is 6.41. The third-order valence-corrected chi connectivity index (χ3v) is 3.56. The summed E-state index contributed by atoms with van der Waals surface area (Å²) in [6.07, 6.45) is 3.05. The van der Waals surface area contributed by atoms with Crippen molar-refractivity contribution in [1.29, 1.82) is 0 Å². The van der Waals surface area contributed by atoms with Gasteiger partial charge in [0.15, 0.2) is 5.84 Å². The minimum absolute atomic E-state index is 0.0672. The summed E-state index contributed by atoms with van der Waals surface area (Å²) in [5.41, 5.74) is 6.90. The summed E-state index contributed by atoms with van der Waals surface area (Å²) in [7, 11) is 1.92. The van der Waals surface area contributed by atoms with Crippen LogP contribution in [0.15, 0.2) is 41.8 Å². The number of anilines is 1. The van der Waals surface area contributed by atoms with Crippen LogP contribution in [0, 0.1) is 0 Å². The molecular weight excluding hydrogens is 290 g/mol. The molecule has 1 unspecified atom stereocenters. The average Bonchev–Trinajstić information content (AvgIpc) is 2.53. The molecule has 0 aliphatic rings. The summed E-state index contributed by atoms with van der Waals surface area (Å²) in [5, 5.41) is 12.2. The van der Waals surface area contributed by atoms with Gasteiger partial charge in [-0.2, -0.15) is 0 Å². The lowest BCUT2D eigenvalue weighted by Crippen LogP contribution is -2.23. The average molecular weight is 306 g/mol. The first kappa shape index (κ1) is 15.1. The van der Waals surface area contributed by atoms with E-state index < -0.39 is 0 Å². The highest BCUT2D eigenvalue weighted by Crippen LogP contribution is 2.24. The van der Waals surface area contributed by atoms with Crippen LogP contribution in [0.2, 0.25) is 5.02 Å². The molecule has 0 radical (unpaired) electrons. The van der Waals surface area contributed by atoms with Gasteiger partial charge in [-0.1, -0.05) is 28.9 Å². The van der Waals surface area contributed by atoms with E-state index in [0.29, 0.717) is 16.5 Å². The Bertz CT molecular complexity index is 627. The van der Waals surface area contributed by atoms with Gasteiger partial charge in [-0.15, -0.1) is 0 Å². The number of hydrogen-bond acceptors (Lipinski definition) is 5. The summed E-state index contributed by atoms with van der Waals surface area (Å²) in [5.74, 6) is 0.620. The van der Waals surface area contributed by atoms with Gasteiger partial charge in [0.2, 0.25) is 0 Å². The largest absolute Gasteiger partial charge is 0.409 e. The van der Waals surface area contributed by atoms with Crippen molar-refractivity contribution < 1.29 is 5.21 Å². The van der Waals surface area contributed by atoms with Gasteiger partial charge >= 0.3 is 0 Å². The summed E-state index contributed by atoms with van der Waals surface area (Å²) in [4.78, 5) is 10.4. The number of benzene rings is 1. The van der Waals surface area contributed by atoms with E-state index in [-0.39, 0.29) is 11.9 Å². The summed E-state index contributed by atoms with van der Waals surface area (Å²) in [6, 6.07) is 7.76. The van der Waals surface area contributed by atoms with Gasteiger partial charge in [0.25, 0.3) is 0 Å². The van der Waals surface area contributed by atoms with Crippen LogP contribution >= 0.6 is 11.6 Å². The van der Waals surface area contributed by atoms with Crippen molar-refractivity contribution in [3.8, 4) is 0 Å². The SMILES string of the molecule is CC(c1ccc(Cl)cc1)N(C)c1cnc(C(N)=NO)cn1. The first-order valence-corrected chi connectivity index (χ1v) is 6.69. The van der Waals surface area contributed by atoms with E-state index in [9.17, 15) is 0 Å². The molecule has 2 rings (SSSR count). The molecule has 0 fully saturated rings. The van der Waals surface area contributed by atoms with Crippen molar-refractivity contribution in [2.75, 3.05) is 11.9 Å². The molecule has 1 aromatic carbocycles. The van der Waals surface area contributed by atoms with Gasteiger partial charge in [0.1, 0.15) is 11.5 Å². The van der Waals surface area contributed by atoms with Crippen molar-refractivity contribution in [3.63, 3.8) is 0 Å². The molecule has 1 atom stereocenters. The number of amidine groups is 1. The zero-order valence-corrected chi connectivity index (χ0v) is 12.5. The highest BCUT2D eigenvalue weighted by atomic mass is 35.5. The molecule has 0 bridgehead atoms. The summed E-state index contributed by atoms with van der Waals surface area (Å²) >= 11 is 5.89. The molecule has 7 heteroatoms. The maximum absolute atomic E-state index is 8.60. The van der Waals surface area contributed by atoms with E-state index in [2.05, 4.69) is 22.0 Å². The smallest absolute Gasteiger partial charge is 0.190 e. The molecule has 2 aromatic rings. The van der Waals surface area contributed by atoms with Crippen molar-refractivity contribution in [2.24, 2.45) is 10.9 Å². The van der Waals surface area contributed by atoms with Gasteiger partial charge in [-0.3, -0.25) is 0 Å². The lowest BCUT2D eigenvalue weighted by Gasteiger charge is -2.26. The number of nitrogens with zero attached hydrogens (tertiary/aromatic N) is 4. The van der Waals surface area contributed by atoms with Gasteiger partial charge in [0, 0.05) is 12.1 Å². The normalized spacial score (nSPS) is 13.0. The first-order chi connectivity index (χ1) is 10.0. The third-order valence-electron chi connectivity index (χ3n) is 3.30. The fourth-order valence-corrected chi connectivity index (χ4v) is 1.98. The Balaban J connectivity index is 2.19. The molecule has 0 aliphatic heterocycles. The Labute approximate surface area is 127 Å². The van der Waals surface area contributed by atoms with Gasteiger partial charge in [0.05, 0.1) is 18.4 Å². The fraction of sp³-hybridized carbons (Fsp3) is 0.214. The number of nitrogens with two attached hydrogens (primary N) is 1. The number of hydrogen-bond donors (Lipinski definition) is 2. The third kappa shape index (κ3) is 3.41. The van der Waals surface area contributed by atoms with Gasteiger partial charge < -0.3 is 15.8 Å². The van der Waals surface area contributed by atoms with Crippen LogP contribution in [0.4, 0.5) is 5.82 Å². The molecule has 3 N–H and O–H groups in total. The topological polar surface area (TPSA) is 87.6 Å². The van der Waals surface area contributed by atoms with E-state index in [1.165, 1.54) is 6.20 Å². The molecule has 21 heavy (non-hydrogen) atoms. The minimum Gasteiger partial charge on any atom is -0.409 e. The van der Waals surface area contributed by atoms with E-state index in [0.717, 1.165) is 5.56 Å². The van der Waals surface area contributed by atoms with Crippen molar-refractivity contribution in [3.05, 3.63) is 52.9 Å². The van der Waals surface area contributed by atoms with Crippen molar-refractivity contribution in [2.45, 2.75) is 13.0 Å². The van der Waals surface area contributed by atoms with Crippen LogP contribution in [0.5, 0.6) is 0 Å². The maximum Gasteiger partial charge on any atom is 0.190 e. The van der Waals surface area contributed by atoms with E-state index in [1.54, 1.807) is 6.20 Å². The molecular formula is C14H16ClN5O. The Kier molecular flexibility index (Phi) is 4.59. The van der Waals surface area contributed by atoms with Crippen LogP contribution in [-0.2, 0) is 0 Å². The predicted molar refractivity (Wildman–Crippen MR) is 82.8 cm³/mol. The number of oxime groups is 1. The van der Waals surface area contributed by atoms with E-state index in [1.807, 2.05) is 36.2 Å². The minimum atomic E-state index is -0.0672. The molecule has 1 heterocycles. The van der Waals surface area contributed by atoms with E-state index in [4.69, 9.17) is 22.5 Å². The highest BCUT2D eigenvalue weighted by molar-refractivity contribution is 6.30. The Hall–Kier alpha value is -2.34. The second-order valence-corrected chi connectivity index (χ2v) is 5.02. The van der Waals surface area contributed by atoms with Crippen molar-refractivity contribution in [1.82, 2.24) is 9.97 Å². The molecule has 6 nitrogen and oxygen atoms in total. The van der Waals surface area contributed by atoms with Crippen LogP contribution in [0.3, 0.4) is 0 Å². The van der Waals surface area contributed by atoms with Gasteiger partial charge in [-0.05, 0) is 24.6 Å². The van der Waals surface area contributed by atoms with Crippen LogP contribution in [0.1, 0.15) is 24.2 Å². The number of aromatic nitrogens is 2. The molecule has 0 saturated heterocycles. The summed E-state index contributed by atoms with van der Waals surface area (Å²) < 4.78 is 0. The van der Waals surface area contributed by atoms with Crippen LogP contribution in [-0.4, -0.2) is 28.1 Å². The lowest BCUT2D eigenvalue weighted by molar-refractivity contribution is 0.318. The Morgan fingerprint density at radius 2 is 1.95 bits per heavy atom. The lowest BCUT2D eigenvalue weighted by atomic mass is 10.1. The van der Waals surface area contributed by atoms with E-state index >= 15 is 0 Å². The Morgan fingerprint density at radius 3 is 2.48 bits per heavy atom. The molecule has 0 amide bonds. The number of rotatable bonds is 4. The maximum atomic E-state index is 8.60. The molecule has 0 saturated carbocycles. The van der Waals surface area contributed by atoms with Crippen LogP contribution < -0.4 is 10.6 Å². The second-order valence-electron chi connectivity index (χ2n) is 4.58. The standard InChI is InChI=1S/C14H16ClN5O/c1-9(10-3-5-11(15)6-4-10)20(2)13-8-17-12(7-18-13)14(16)19-21/h3-9,21H,1-2H3,(H2,16,19). The molecule has 110 valence electrons. The monoisotopic (exact) mass is 305 g/mol. The predicted octanol–water partition coefficient (Wildman–Crippen LogP) is 2.42. The zero-order chi connectivity index (χ0) is 15.4.